The molecule has 1 aliphatic heterocycles. The second-order valence-electron chi connectivity index (χ2n) is 6.61. The summed E-state index contributed by atoms with van der Waals surface area (Å²) in [5.41, 5.74) is 2.69. The molecule has 3 rings (SSSR count). The van der Waals surface area contributed by atoms with Crippen LogP contribution in [-0.4, -0.2) is 50.2 Å². The highest BCUT2D eigenvalue weighted by atomic mass is 16.4. The lowest BCUT2D eigenvalue weighted by molar-refractivity contribution is 0.0672. The maximum Gasteiger partial charge on any atom is 0.289 e. The number of amides is 1. The van der Waals surface area contributed by atoms with E-state index in [1.54, 1.807) is 4.90 Å². The average Bonchev–Trinajstić information content (AvgIpc) is 3.27. The highest BCUT2D eigenvalue weighted by Gasteiger charge is 2.26. The maximum atomic E-state index is 12.9. The van der Waals surface area contributed by atoms with Crippen LogP contribution in [0.25, 0.3) is 0 Å². The van der Waals surface area contributed by atoms with Crippen LogP contribution < -0.4 is 0 Å². The maximum absolute atomic E-state index is 12.9. The van der Waals surface area contributed by atoms with Gasteiger partial charge in [-0.3, -0.25) is 14.4 Å². The quantitative estimate of drug-likeness (QED) is 0.818. The summed E-state index contributed by atoms with van der Waals surface area (Å²) in [6, 6.07) is 3.76. The molecule has 1 amide bonds. The normalized spacial score (nSPS) is 14.1. The molecule has 2 aromatic rings. The third kappa shape index (κ3) is 3.68. The van der Waals surface area contributed by atoms with Gasteiger partial charge in [-0.05, 0) is 25.2 Å². The summed E-state index contributed by atoms with van der Waals surface area (Å²) < 4.78 is 7.76. The van der Waals surface area contributed by atoms with Gasteiger partial charge >= 0.3 is 0 Å². The van der Waals surface area contributed by atoms with Gasteiger partial charge in [-0.1, -0.05) is 20.8 Å². The molecule has 7 heteroatoms. The van der Waals surface area contributed by atoms with E-state index in [0.29, 0.717) is 31.1 Å². The molecule has 0 aliphatic carbocycles. The van der Waals surface area contributed by atoms with Crippen molar-refractivity contribution in [3.05, 3.63) is 40.6 Å². The molecule has 0 radical (unpaired) electrons. The Morgan fingerprint density at radius 3 is 2.69 bits per heavy atom. The first-order chi connectivity index (χ1) is 12.6. The van der Waals surface area contributed by atoms with Gasteiger partial charge in [0.1, 0.15) is 5.76 Å². The lowest BCUT2D eigenvalue weighted by Gasteiger charge is -2.26. The SMILES string of the molecule is CCc1oc(C(=O)N2CCn3nc(CO)cc3C2)cc1CN(CC)CC. The zero-order valence-electron chi connectivity index (χ0n) is 15.9. The minimum absolute atomic E-state index is 0.0801. The number of nitrogens with zero attached hydrogens (tertiary/aromatic N) is 4. The van der Waals surface area contributed by atoms with Crippen molar-refractivity contribution in [2.75, 3.05) is 19.6 Å². The van der Waals surface area contributed by atoms with Crippen molar-refractivity contribution >= 4 is 5.91 Å². The van der Waals surface area contributed by atoms with Gasteiger partial charge in [-0.15, -0.1) is 0 Å². The van der Waals surface area contributed by atoms with E-state index in [1.807, 2.05) is 16.8 Å². The van der Waals surface area contributed by atoms with Crippen molar-refractivity contribution in [3.63, 3.8) is 0 Å². The van der Waals surface area contributed by atoms with Gasteiger partial charge in [-0.2, -0.15) is 5.10 Å². The Balaban J connectivity index is 1.76. The van der Waals surface area contributed by atoms with E-state index in [2.05, 4.69) is 30.8 Å². The van der Waals surface area contributed by atoms with E-state index >= 15 is 0 Å². The number of rotatable bonds is 7. The third-order valence-electron chi connectivity index (χ3n) is 5.01. The lowest BCUT2D eigenvalue weighted by Crippen LogP contribution is -2.38. The molecule has 0 saturated carbocycles. The topological polar surface area (TPSA) is 74.7 Å². The van der Waals surface area contributed by atoms with Crippen LogP contribution in [0.5, 0.6) is 0 Å². The first kappa shape index (κ1) is 18.7. The summed E-state index contributed by atoms with van der Waals surface area (Å²) >= 11 is 0. The molecule has 0 saturated heterocycles. The van der Waals surface area contributed by atoms with Gasteiger partial charge in [-0.25, -0.2) is 0 Å². The molecular weight excluding hydrogens is 332 g/mol. The summed E-state index contributed by atoms with van der Waals surface area (Å²) in [4.78, 5) is 17.0. The summed E-state index contributed by atoms with van der Waals surface area (Å²) in [6.07, 6.45) is 0.774. The zero-order valence-corrected chi connectivity index (χ0v) is 15.9. The van der Waals surface area contributed by atoms with E-state index in [0.717, 1.165) is 43.1 Å². The van der Waals surface area contributed by atoms with E-state index in [-0.39, 0.29) is 12.5 Å². The van der Waals surface area contributed by atoms with Crippen molar-refractivity contribution in [2.24, 2.45) is 0 Å². The second kappa shape index (κ2) is 8.05. The third-order valence-corrected chi connectivity index (χ3v) is 5.01. The lowest BCUT2D eigenvalue weighted by atomic mass is 10.2. The molecule has 1 N–H and O–H groups in total. The summed E-state index contributed by atoms with van der Waals surface area (Å²) in [6.45, 7) is 10.7. The standard InChI is InChI=1S/C19H28N4O3/c1-4-17-14(11-21(5-2)6-3)9-18(26-17)19(25)22-7-8-23-16(12-22)10-15(13-24)20-23/h9-10,24H,4-8,11-13H2,1-3H3. The Kier molecular flexibility index (Phi) is 5.78. The van der Waals surface area contributed by atoms with Gasteiger partial charge in [0.05, 0.1) is 31.1 Å². The second-order valence-corrected chi connectivity index (χ2v) is 6.61. The molecule has 26 heavy (non-hydrogen) atoms. The molecule has 3 heterocycles. The van der Waals surface area contributed by atoms with Crippen LogP contribution in [0.2, 0.25) is 0 Å². The Bertz CT molecular complexity index is 761. The van der Waals surface area contributed by atoms with Crippen LogP contribution in [0.15, 0.2) is 16.5 Å². The number of aliphatic hydroxyl groups excluding tert-OH is 1. The number of aliphatic hydroxyl groups is 1. The predicted octanol–water partition coefficient (Wildman–Crippen LogP) is 2.03. The van der Waals surface area contributed by atoms with Crippen LogP contribution in [0, 0.1) is 0 Å². The summed E-state index contributed by atoms with van der Waals surface area (Å²) in [7, 11) is 0. The van der Waals surface area contributed by atoms with E-state index in [4.69, 9.17) is 4.42 Å². The molecular formula is C19H28N4O3. The molecule has 2 aromatic heterocycles. The summed E-state index contributed by atoms with van der Waals surface area (Å²) in [5, 5.41) is 13.6. The fourth-order valence-corrected chi connectivity index (χ4v) is 3.43. The van der Waals surface area contributed by atoms with Crippen LogP contribution in [0.4, 0.5) is 0 Å². The van der Waals surface area contributed by atoms with Crippen molar-refractivity contribution in [1.29, 1.82) is 0 Å². The monoisotopic (exact) mass is 360 g/mol. The minimum atomic E-state index is -0.0826. The fourth-order valence-electron chi connectivity index (χ4n) is 3.43. The van der Waals surface area contributed by atoms with E-state index in [1.165, 1.54) is 0 Å². The number of aromatic nitrogens is 2. The van der Waals surface area contributed by atoms with Gasteiger partial charge < -0.3 is 14.4 Å². The van der Waals surface area contributed by atoms with Crippen molar-refractivity contribution in [1.82, 2.24) is 19.6 Å². The zero-order chi connectivity index (χ0) is 18.7. The average molecular weight is 360 g/mol. The number of hydrogen-bond acceptors (Lipinski definition) is 5. The molecule has 0 aromatic carbocycles. The summed E-state index contributed by atoms with van der Waals surface area (Å²) in [5.74, 6) is 1.23. The van der Waals surface area contributed by atoms with Crippen LogP contribution in [-0.2, 0) is 32.7 Å². The molecule has 0 spiro atoms. The molecule has 7 nitrogen and oxygen atoms in total. The first-order valence-corrected chi connectivity index (χ1v) is 9.39. The van der Waals surface area contributed by atoms with Gasteiger partial charge in [0, 0.05) is 25.1 Å². The molecule has 0 unspecified atom stereocenters. The number of hydrogen-bond donors (Lipinski definition) is 1. The Morgan fingerprint density at radius 1 is 1.27 bits per heavy atom. The van der Waals surface area contributed by atoms with Gasteiger partial charge in [0.25, 0.3) is 5.91 Å². The minimum Gasteiger partial charge on any atom is -0.456 e. The number of fused-ring (bicyclic) bond motifs is 1. The van der Waals surface area contributed by atoms with Gasteiger partial charge in [0.2, 0.25) is 0 Å². The van der Waals surface area contributed by atoms with Gasteiger partial charge in [0.15, 0.2) is 5.76 Å². The molecule has 0 atom stereocenters. The molecule has 1 aliphatic rings. The van der Waals surface area contributed by atoms with E-state index in [9.17, 15) is 9.90 Å². The van der Waals surface area contributed by atoms with Crippen molar-refractivity contribution in [2.45, 2.75) is 53.4 Å². The van der Waals surface area contributed by atoms with Crippen molar-refractivity contribution in [3.8, 4) is 0 Å². The number of furan rings is 1. The van der Waals surface area contributed by atoms with E-state index < -0.39 is 0 Å². The highest BCUT2D eigenvalue weighted by Crippen LogP contribution is 2.22. The fraction of sp³-hybridized carbons (Fsp3) is 0.579. The van der Waals surface area contributed by atoms with Crippen LogP contribution >= 0.6 is 0 Å². The van der Waals surface area contributed by atoms with Crippen LogP contribution in [0.1, 0.15) is 54.0 Å². The Morgan fingerprint density at radius 2 is 2.04 bits per heavy atom. The first-order valence-electron chi connectivity index (χ1n) is 9.39. The van der Waals surface area contributed by atoms with Crippen molar-refractivity contribution < 1.29 is 14.3 Å². The largest absolute Gasteiger partial charge is 0.456 e. The molecule has 0 bridgehead atoms. The molecule has 142 valence electrons. The number of aryl methyl sites for hydroxylation is 1. The Labute approximate surface area is 154 Å². The smallest absolute Gasteiger partial charge is 0.289 e. The van der Waals surface area contributed by atoms with Crippen LogP contribution in [0.3, 0.4) is 0 Å². The molecule has 0 fully saturated rings. The highest BCUT2D eigenvalue weighted by molar-refractivity contribution is 5.91. The number of carbonyl (C=O) groups excluding carboxylic acids is 1. The Hall–Kier alpha value is -2.12. The predicted molar refractivity (Wildman–Crippen MR) is 97.6 cm³/mol. The number of carbonyl (C=O) groups is 1.